The van der Waals surface area contributed by atoms with E-state index in [2.05, 4.69) is 10.6 Å². The summed E-state index contributed by atoms with van der Waals surface area (Å²) in [5.74, 6) is 1.34. The van der Waals surface area contributed by atoms with Crippen LogP contribution in [0.5, 0.6) is 5.75 Å². The van der Waals surface area contributed by atoms with Crippen LogP contribution in [0.2, 0.25) is 0 Å². The molecular formula is C19H27ClN2O3. The van der Waals surface area contributed by atoms with Gasteiger partial charge in [-0.2, -0.15) is 0 Å². The highest BCUT2D eigenvalue weighted by Gasteiger charge is 2.34. The first kappa shape index (κ1) is 18.5. The summed E-state index contributed by atoms with van der Waals surface area (Å²) in [6.45, 7) is 1.37. The number of para-hydroxylation sites is 2. The summed E-state index contributed by atoms with van der Waals surface area (Å²) in [7, 11) is 0. The molecule has 3 aliphatic heterocycles. The lowest BCUT2D eigenvalue weighted by Crippen LogP contribution is -2.39. The SMILES string of the molecule is Cl.O=C(CC1CC2CCC(C1)N2)Nc1ccccc1OC1CCOC1. The molecule has 25 heavy (non-hydrogen) atoms. The molecule has 3 aliphatic rings. The second-order valence-corrected chi connectivity index (χ2v) is 7.33. The first-order chi connectivity index (χ1) is 11.8. The van der Waals surface area contributed by atoms with Crippen LogP contribution in [0.1, 0.15) is 38.5 Å². The fourth-order valence-electron chi connectivity index (χ4n) is 4.26. The number of ether oxygens (including phenoxy) is 2. The van der Waals surface area contributed by atoms with E-state index < -0.39 is 0 Å². The molecule has 2 bridgehead atoms. The van der Waals surface area contributed by atoms with Gasteiger partial charge in [-0.1, -0.05) is 12.1 Å². The number of hydrogen-bond donors (Lipinski definition) is 2. The Bertz CT molecular complexity index is 580. The lowest BCUT2D eigenvalue weighted by atomic mass is 9.89. The Kier molecular flexibility index (Phi) is 6.20. The smallest absolute Gasteiger partial charge is 0.224 e. The summed E-state index contributed by atoms with van der Waals surface area (Å²) in [5, 5.41) is 6.69. The molecule has 4 rings (SSSR count). The Hall–Kier alpha value is -1.30. The predicted molar refractivity (Wildman–Crippen MR) is 99.5 cm³/mol. The highest BCUT2D eigenvalue weighted by atomic mass is 35.5. The molecule has 1 aromatic rings. The fourth-order valence-corrected chi connectivity index (χ4v) is 4.26. The number of fused-ring (bicyclic) bond motifs is 2. The minimum absolute atomic E-state index is 0. The van der Waals surface area contributed by atoms with Gasteiger partial charge in [-0.05, 0) is 43.7 Å². The number of rotatable bonds is 5. The van der Waals surface area contributed by atoms with Gasteiger partial charge in [-0.15, -0.1) is 12.4 Å². The predicted octanol–water partition coefficient (Wildman–Crippen LogP) is 3.14. The Morgan fingerprint density at radius 2 is 1.96 bits per heavy atom. The third-order valence-corrected chi connectivity index (χ3v) is 5.39. The monoisotopic (exact) mass is 366 g/mol. The van der Waals surface area contributed by atoms with Crippen LogP contribution in [0.15, 0.2) is 24.3 Å². The van der Waals surface area contributed by atoms with E-state index in [4.69, 9.17) is 9.47 Å². The number of nitrogens with one attached hydrogen (secondary N) is 2. The second kappa shape index (κ2) is 8.39. The number of anilines is 1. The first-order valence-electron chi connectivity index (χ1n) is 9.15. The minimum atomic E-state index is 0. The third kappa shape index (κ3) is 4.66. The second-order valence-electron chi connectivity index (χ2n) is 7.33. The molecule has 0 aromatic heterocycles. The van der Waals surface area contributed by atoms with E-state index in [1.54, 1.807) is 0 Å². The van der Waals surface area contributed by atoms with Gasteiger partial charge in [0.2, 0.25) is 5.91 Å². The molecule has 3 saturated heterocycles. The van der Waals surface area contributed by atoms with Crippen LogP contribution in [-0.4, -0.2) is 37.3 Å². The van der Waals surface area contributed by atoms with Crippen LogP contribution < -0.4 is 15.4 Å². The van der Waals surface area contributed by atoms with Crippen LogP contribution in [0.25, 0.3) is 0 Å². The standard InChI is InChI=1S/C19H26N2O3.ClH/c22-19(11-13-9-14-5-6-15(10-13)20-14)21-17-3-1-2-4-18(17)24-16-7-8-23-12-16;/h1-4,13-16,20H,5-12H2,(H,21,22);1H. The molecule has 0 aliphatic carbocycles. The van der Waals surface area contributed by atoms with Crippen LogP contribution >= 0.6 is 12.4 Å². The van der Waals surface area contributed by atoms with Gasteiger partial charge in [0, 0.05) is 24.9 Å². The lowest BCUT2D eigenvalue weighted by Gasteiger charge is -2.28. The van der Waals surface area contributed by atoms with Crippen LogP contribution in [0.4, 0.5) is 5.69 Å². The Morgan fingerprint density at radius 1 is 1.20 bits per heavy atom. The van der Waals surface area contributed by atoms with Crippen molar-refractivity contribution in [3.63, 3.8) is 0 Å². The molecule has 3 atom stereocenters. The van der Waals surface area contributed by atoms with Crippen molar-refractivity contribution in [2.24, 2.45) is 5.92 Å². The topological polar surface area (TPSA) is 59.6 Å². The van der Waals surface area contributed by atoms with Crippen LogP contribution in [-0.2, 0) is 9.53 Å². The van der Waals surface area contributed by atoms with Gasteiger partial charge < -0.3 is 20.1 Å². The van der Waals surface area contributed by atoms with Gasteiger partial charge in [0.15, 0.2) is 0 Å². The normalized spacial score (nSPS) is 30.6. The molecule has 0 saturated carbocycles. The van der Waals surface area contributed by atoms with Crippen molar-refractivity contribution in [1.82, 2.24) is 5.32 Å². The number of hydrogen-bond acceptors (Lipinski definition) is 4. The van der Waals surface area contributed by atoms with Crippen LogP contribution in [0, 0.1) is 5.92 Å². The molecule has 0 spiro atoms. The van der Waals surface area contributed by atoms with Crippen molar-refractivity contribution in [1.29, 1.82) is 0 Å². The molecule has 0 radical (unpaired) electrons. The van der Waals surface area contributed by atoms with E-state index in [0.29, 0.717) is 31.0 Å². The zero-order valence-corrected chi connectivity index (χ0v) is 15.2. The lowest BCUT2D eigenvalue weighted by molar-refractivity contribution is -0.117. The molecule has 1 amide bonds. The molecule has 6 heteroatoms. The highest BCUT2D eigenvalue weighted by Crippen LogP contribution is 2.33. The summed E-state index contributed by atoms with van der Waals surface area (Å²) in [6, 6.07) is 8.94. The Morgan fingerprint density at radius 3 is 2.68 bits per heavy atom. The summed E-state index contributed by atoms with van der Waals surface area (Å²) in [6.07, 6.45) is 6.38. The number of halogens is 1. The average Bonchev–Trinajstić information content (AvgIpc) is 3.19. The summed E-state index contributed by atoms with van der Waals surface area (Å²) < 4.78 is 11.4. The third-order valence-electron chi connectivity index (χ3n) is 5.39. The largest absolute Gasteiger partial charge is 0.486 e. The van der Waals surface area contributed by atoms with E-state index in [1.807, 2.05) is 24.3 Å². The fraction of sp³-hybridized carbons (Fsp3) is 0.632. The maximum Gasteiger partial charge on any atom is 0.224 e. The maximum atomic E-state index is 12.5. The number of piperidine rings is 1. The number of benzene rings is 1. The average molecular weight is 367 g/mol. The molecule has 5 nitrogen and oxygen atoms in total. The first-order valence-corrected chi connectivity index (χ1v) is 9.15. The molecule has 3 unspecified atom stereocenters. The van der Waals surface area contributed by atoms with Gasteiger partial charge >= 0.3 is 0 Å². The maximum absolute atomic E-state index is 12.5. The number of carbonyl (C=O) groups excluding carboxylic acids is 1. The van der Waals surface area contributed by atoms with E-state index in [0.717, 1.165) is 37.3 Å². The van der Waals surface area contributed by atoms with E-state index in [9.17, 15) is 4.79 Å². The summed E-state index contributed by atoms with van der Waals surface area (Å²) in [5.41, 5.74) is 0.770. The number of amides is 1. The number of carbonyl (C=O) groups is 1. The van der Waals surface area contributed by atoms with Crippen LogP contribution in [0.3, 0.4) is 0 Å². The van der Waals surface area contributed by atoms with E-state index in [-0.39, 0.29) is 24.4 Å². The molecule has 1 aromatic carbocycles. The summed E-state index contributed by atoms with van der Waals surface area (Å²) in [4.78, 5) is 12.5. The van der Waals surface area contributed by atoms with Gasteiger partial charge in [-0.25, -0.2) is 0 Å². The molecule has 138 valence electrons. The molecule has 2 N–H and O–H groups in total. The van der Waals surface area contributed by atoms with Crippen molar-refractivity contribution in [2.45, 2.75) is 56.7 Å². The molecule has 3 fully saturated rings. The Labute approximate surface area is 155 Å². The van der Waals surface area contributed by atoms with Gasteiger partial charge in [0.1, 0.15) is 11.9 Å². The van der Waals surface area contributed by atoms with E-state index in [1.165, 1.54) is 12.8 Å². The van der Waals surface area contributed by atoms with Crippen molar-refractivity contribution in [3.05, 3.63) is 24.3 Å². The van der Waals surface area contributed by atoms with Crippen molar-refractivity contribution >= 4 is 24.0 Å². The quantitative estimate of drug-likeness (QED) is 0.840. The van der Waals surface area contributed by atoms with Crippen molar-refractivity contribution in [3.8, 4) is 5.75 Å². The zero-order chi connectivity index (χ0) is 16.4. The Balaban J connectivity index is 0.00000182. The minimum Gasteiger partial charge on any atom is -0.486 e. The van der Waals surface area contributed by atoms with Crippen molar-refractivity contribution < 1.29 is 14.3 Å². The van der Waals surface area contributed by atoms with Gasteiger partial charge in [-0.3, -0.25) is 4.79 Å². The molecular weight excluding hydrogens is 340 g/mol. The summed E-state index contributed by atoms with van der Waals surface area (Å²) >= 11 is 0. The van der Waals surface area contributed by atoms with E-state index >= 15 is 0 Å². The van der Waals surface area contributed by atoms with Crippen molar-refractivity contribution in [2.75, 3.05) is 18.5 Å². The molecule has 3 heterocycles. The van der Waals surface area contributed by atoms with Gasteiger partial charge in [0.05, 0.1) is 18.9 Å². The van der Waals surface area contributed by atoms with Gasteiger partial charge in [0.25, 0.3) is 0 Å². The zero-order valence-electron chi connectivity index (χ0n) is 14.4. The highest BCUT2D eigenvalue weighted by molar-refractivity contribution is 5.92.